The molecule has 1 saturated heterocycles. The van der Waals surface area contributed by atoms with E-state index in [1.807, 2.05) is 0 Å². The molecule has 1 amide bonds. The zero-order valence-electron chi connectivity index (χ0n) is 20.0. The fraction of sp³-hybridized carbons (Fsp3) is 0.391. The molecule has 1 aliphatic rings. The lowest BCUT2D eigenvalue weighted by atomic mass is 10.2. The highest BCUT2D eigenvalue weighted by Crippen LogP contribution is 2.32. The molecule has 0 aromatic carbocycles. The Hall–Kier alpha value is -4.04. The zero-order valence-corrected chi connectivity index (χ0v) is 20.0. The van der Waals surface area contributed by atoms with Crippen molar-refractivity contribution < 1.29 is 31.1 Å². The molecule has 2 N–H and O–H groups in total. The van der Waals surface area contributed by atoms with E-state index >= 15 is 0 Å². The predicted molar refractivity (Wildman–Crippen MR) is 125 cm³/mol. The zero-order chi connectivity index (χ0) is 27.7. The van der Waals surface area contributed by atoms with E-state index in [1.165, 1.54) is 6.07 Å². The van der Waals surface area contributed by atoms with Crippen LogP contribution in [0.4, 0.5) is 37.8 Å². The lowest BCUT2D eigenvalue weighted by Crippen LogP contribution is -2.49. The second-order valence-corrected chi connectivity index (χ2v) is 8.81. The fourth-order valence-electron chi connectivity index (χ4n) is 4.16. The first kappa shape index (κ1) is 27.0. The molecule has 1 fully saturated rings. The number of carbonyl (C=O) groups is 1. The van der Waals surface area contributed by atoms with E-state index in [9.17, 15) is 35.9 Å². The third kappa shape index (κ3) is 6.08. The number of alkyl halides is 6. The molecule has 9 nitrogen and oxygen atoms in total. The minimum Gasteiger partial charge on any atom is -0.379 e. The molecule has 0 radical (unpaired) electrons. The number of hydrogen-bond donors (Lipinski definition) is 2. The van der Waals surface area contributed by atoms with E-state index in [0.717, 1.165) is 18.5 Å². The van der Waals surface area contributed by atoms with Crippen LogP contribution in [0.3, 0.4) is 0 Å². The quantitative estimate of drug-likeness (QED) is 0.462. The summed E-state index contributed by atoms with van der Waals surface area (Å²) in [5.74, 6) is 0.143. The van der Waals surface area contributed by atoms with Crippen molar-refractivity contribution in [1.29, 1.82) is 0 Å². The van der Waals surface area contributed by atoms with Gasteiger partial charge >= 0.3 is 12.4 Å². The Bertz CT molecular complexity index is 1330. The Labute approximate surface area is 212 Å². The lowest BCUT2D eigenvalue weighted by molar-refractivity contribution is -0.138. The van der Waals surface area contributed by atoms with Crippen LogP contribution in [0, 0.1) is 0 Å². The maximum atomic E-state index is 13.3. The molecule has 4 rings (SSSR count). The number of aromatic nitrogens is 4. The van der Waals surface area contributed by atoms with Crippen LogP contribution in [0.5, 0.6) is 0 Å². The smallest absolute Gasteiger partial charge is 0.379 e. The van der Waals surface area contributed by atoms with Crippen LogP contribution >= 0.6 is 0 Å². The van der Waals surface area contributed by atoms with Gasteiger partial charge in [0.05, 0.1) is 23.0 Å². The summed E-state index contributed by atoms with van der Waals surface area (Å²) in [5.41, 5.74) is -3.62. The molecule has 3 aromatic rings. The van der Waals surface area contributed by atoms with Crippen molar-refractivity contribution in [3.63, 3.8) is 0 Å². The largest absolute Gasteiger partial charge is 0.423 e. The van der Waals surface area contributed by atoms with Gasteiger partial charge in [0, 0.05) is 57.4 Å². The molecule has 1 unspecified atom stereocenters. The van der Waals surface area contributed by atoms with Gasteiger partial charge in [-0.15, -0.1) is 0 Å². The Morgan fingerprint density at radius 2 is 1.76 bits per heavy atom. The van der Waals surface area contributed by atoms with Gasteiger partial charge in [0.2, 0.25) is 0 Å². The second-order valence-electron chi connectivity index (χ2n) is 8.81. The van der Waals surface area contributed by atoms with Gasteiger partial charge in [0.25, 0.3) is 11.5 Å². The van der Waals surface area contributed by atoms with Crippen LogP contribution in [0.1, 0.15) is 28.4 Å². The van der Waals surface area contributed by atoms with Crippen LogP contribution in [-0.2, 0) is 18.9 Å². The van der Waals surface area contributed by atoms with Crippen molar-refractivity contribution >= 4 is 17.4 Å². The monoisotopic (exact) mass is 543 g/mol. The Morgan fingerprint density at radius 3 is 2.37 bits per heavy atom. The molecule has 0 saturated carbocycles. The van der Waals surface area contributed by atoms with E-state index in [-0.39, 0.29) is 12.5 Å². The van der Waals surface area contributed by atoms with Crippen molar-refractivity contribution in [3.05, 3.63) is 70.0 Å². The van der Waals surface area contributed by atoms with Gasteiger partial charge in [-0.05, 0) is 25.1 Å². The minimum atomic E-state index is -4.86. The van der Waals surface area contributed by atoms with Crippen molar-refractivity contribution in [1.82, 2.24) is 24.6 Å². The van der Waals surface area contributed by atoms with Crippen LogP contribution < -0.4 is 15.8 Å². The molecule has 1 aliphatic heterocycles. The molecule has 0 spiro atoms. The molecule has 0 aliphatic carbocycles. The number of pyridine rings is 1. The number of anilines is 2. The number of halogens is 6. The van der Waals surface area contributed by atoms with E-state index in [4.69, 9.17) is 0 Å². The molecular weight excluding hydrogens is 520 g/mol. The van der Waals surface area contributed by atoms with Crippen LogP contribution in [0.25, 0.3) is 0 Å². The number of nitrogens with one attached hydrogen (secondary N) is 2. The standard InChI is InChI=1S/C23H23F6N7O2/c1-14(32-17-11-31-33-20(37)19(17)23(27,28)29)12-34-5-4-15(13-34)21(38)36-8-6-35(7-9-36)18-3-2-16(10-30-18)22(24,25)26/h2-5,10-11,13-14H,6-9,12H2,1H3,(H2,32,33,37). The number of piperazine rings is 1. The SMILES string of the molecule is CC(Cn1ccc(C(=O)N2CCN(c3ccc(C(F)(F)F)cn3)CC2)c1)Nc1cn[nH]c(=O)c1C(F)(F)F. The van der Waals surface area contributed by atoms with Crippen molar-refractivity contribution in [2.24, 2.45) is 0 Å². The maximum Gasteiger partial charge on any atom is 0.423 e. The summed E-state index contributed by atoms with van der Waals surface area (Å²) >= 11 is 0. The van der Waals surface area contributed by atoms with E-state index in [0.29, 0.717) is 37.6 Å². The number of nitrogens with zero attached hydrogens (tertiary/aromatic N) is 5. The Kier molecular flexibility index (Phi) is 7.37. The van der Waals surface area contributed by atoms with Gasteiger partial charge < -0.3 is 19.7 Å². The van der Waals surface area contributed by atoms with Crippen molar-refractivity contribution in [2.75, 3.05) is 36.4 Å². The summed E-state index contributed by atoms with van der Waals surface area (Å²) in [6.45, 7) is 3.26. The molecule has 1 atom stereocenters. The highest BCUT2D eigenvalue weighted by atomic mass is 19.4. The summed E-state index contributed by atoms with van der Waals surface area (Å²) in [6, 6.07) is 3.31. The predicted octanol–water partition coefficient (Wildman–Crippen LogP) is 3.47. The summed E-state index contributed by atoms with van der Waals surface area (Å²) in [4.78, 5) is 31.9. The van der Waals surface area contributed by atoms with Crippen molar-refractivity contribution in [2.45, 2.75) is 31.9 Å². The third-order valence-electron chi connectivity index (χ3n) is 5.99. The van der Waals surface area contributed by atoms with Crippen LogP contribution in [0.15, 0.2) is 47.8 Å². The highest BCUT2D eigenvalue weighted by molar-refractivity contribution is 5.94. The first-order valence-corrected chi connectivity index (χ1v) is 11.5. The normalized spacial score (nSPS) is 15.4. The Morgan fingerprint density at radius 1 is 1.05 bits per heavy atom. The maximum absolute atomic E-state index is 13.3. The van der Waals surface area contributed by atoms with Gasteiger partial charge in [-0.25, -0.2) is 10.1 Å². The first-order chi connectivity index (χ1) is 17.8. The second kappa shape index (κ2) is 10.4. The first-order valence-electron chi connectivity index (χ1n) is 11.5. The number of H-pyrrole nitrogens is 1. The van der Waals surface area contributed by atoms with Crippen molar-refractivity contribution in [3.8, 4) is 0 Å². The number of rotatable bonds is 6. The number of hydrogen-bond acceptors (Lipinski definition) is 6. The van der Waals surface area contributed by atoms with Gasteiger partial charge in [0.15, 0.2) is 0 Å². The summed E-state index contributed by atoms with van der Waals surface area (Å²) in [6.07, 6.45) is -4.46. The minimum absolute atomic E-state index is 0.199. The van der Waals surface area contributed by atoms with E-state index in [2.05, 4.69) is 15.4 Å². The Balaban J connectivity index is 1.33. The molecule has 15 heteroatoms. The van der Waals surface area contributed by atoms with E-state index < -0.39 is 40.8 Å². The van der Waals surface area contributed by atoms with E-state index in [1.54, 1.807) is 44.8 Å². The van der Waals surface area contributed by atoms with Crippen LogP contribution in [0.2, 0.25) is 0 Å². The lowest BCUT2D eigenvalue weighted by Gasteiger charge is -2.35. The number of aromatic amines is 1. The summed E-state index contributed by atoms with van der Waals surface area (Å²) < 4.78 is 79.6. The van der Waals surface area contributed by atoms with Gasteiger partial charge in [0.1, 0.15) is 11.4 Å². The fourth-order valence-corrected chi connectivity index (χ4v) is 4.16. The topological polar surface area (TPSA) is 99.2 Å². The third-order valence-corrected chi connectivity index (χ3v) is 5.99. The average Bonchev–Trinajstić information content (AvgIpc) is 3.30. The number of carbonyl (C=O) groups excluding carboxylic acids is 1. The van der Waals surface area contributed by atoms with Gasteiger partial charge in [-0.2, -0.15) is 31.4 Å². The van der Waals surface area contributed by atoms with Gasteiger partial charge in [-0.1, -0.05) is 0 Å². The summed E-state index contributed by atoms with van der Waals surface area (Å²) in [7, 11) is 0. The average molecular weight is 543 g/mol. The number of amides is 1. The van der Waals surface area contributed by atoms with Gasteiger partial charge in [-0.3, -0.25) is 9.59 Å². The molecule has 4 heterocycles. The molecular formula is C23H23F6N7O2. The highest BCUT2D eigenvalue weighted by Gasteiger charge is 2.37. The molecule has 38 heavy (non-hydrogen) atoms. The van der Waals surface area contributed by atoms with Crippen LogP contribution in [-0.4, -0.2) is 62.8 Å². The molecule has 3 aromatic heterocycles. The summed E-state index contributed by atoms with van der Waals surface area (Å²) in [5, 5.41) is 7.85. The molecule has 204 valence electrons. The molecule has 0 bridgehead atoms.